The van der Waals surface area contributed by atoms with E-state index >= 15 is 0 Å². The smallest absolute Gasteiger partial charge is 0.283 e. The highest BCUT2D eigenvalue weighted by Gasteiger charge is 2.07. The van der Waals surface area contributed by atoms with E-state index in [1.165, 1.54) is 4.68 Å². The van der Waals surface area contributed by atoms with Gasteiger partial charge in [0.1, 0.15) is 4.47 Å². The van der Waals surface area contributed by atoms with E-state index in [9.17, 15) is 4.79 Å². The summed E-state index contributed by atoms with van der Waals surface area (Å²) in [6, 6.07) is 0. The second kappa shape index (κ2) is 7.41. The van der Waals surface area contributed by atoms with Crippen LogP contribution in [0.15, 0.2) is 15.5 Å². The van der Waals surface area contributed by atoms with Crippen LogP contribution in [0, 0.1) is 0 Å². The van der Waals surface area contributed by atoms with Crippen LogP contribution in [-0.2, 0) is 11.3 Å². The minimum absolute atomic E-state index is 0.115. The molecule has 0 radical (unpaired) electrons. The van der Waals surface area contributed by atoms with Crippen molar-refractivity contribution in [3.63, 3.8) is 0 Å². The van der Waals surface area contributed by atoms with Gasteiger partial charge in [0.2, 0.25) is 0 Å². The first-order chi connectivity index (χ1) is 8.20. The van der Waals surface area contributed by atoms with Crippen LogP contribution in [-0.4, -0.2) is 41.3 Å². The van der Waals surface area contributed by atoms with Crippen LogP contribution in [0.3, 0.4) is 0 Å². The third-order valence-corrected chi connectivity index (χ3v) is 2.83. The molecule has 2 N–H and O–H groups in total. The Kier molecular flexibility index (Phi) is 6.17. The Hall–Kier alpha value is -0.920. The molecule has 17 heavy (non-hydrogen) atoms. The number of nitrogens with zero attached hydrogens (tertiary/aromatic N) is 2. The van der Waals surface area contributed by atoms with E-state index in [0.29, 0.717) is 29.9 Å². The number of aromatic nitrogens is 2. The van der Waals surface area contributed by atoms with Gasteiger partial charge in [-0.1, -0.05) is 0 Å². The standard InChI is InChI=1S/C10H16BrN3O3/c1-2-17-6-3-12-8-7-13-14(4-5-15)10(16)9(8)11/h7,12,15H,2-6H2,1H3. The molecular formula is C10H16BrN3O3. The van der Waals surface area contributed by atoms with Gasteiger partial charge in [0, 0.05) is 13.2 Å². The molecule has 0 saturated carbocycles. The molecule has 1 heterocycles. The lowest BCUT2D eigenvalue weighted by atomic mass is 10.4. The van der Waals surface area contributed by atoms with Crippen molar-refractivity contribution in [1.29, 1.82) is 0 Å². The van der Waals surface area contributed by atoms with Crippen molar-refractivity contribution >= 4 is 21.6 Å². The van der Waals surface area contributed by atoms with E-state index in [4.69, 9.17) is 9.84 Å². The van der Waals surface area contributed by atoms with Crippen LogP contribution >= 0.6 is 15.9 Å². The largest absolute Gasteiger partial charge is 0.394 e. The first kappa shape index (κ1) is 14.1. The van der Waals surface area contributed by atoms with Gasteiger partial charge in [-0.05, 0) is 22.9 Å². The third kappa shape index (κ3) is 4.10. The van der Waals surface area contributed by atoms with Gasteiger partial charge in [-0.2, -0.15) is 5.10 Å². The summed E-state index contributed by atoms with van der Waals surface area (Å²) in [5.41, 5.74) is 0.365. The molecule has 1 aromatic rings. The zero-order valence-corrected chi connectivity index (χ0v) is 11.2. The summed E-state index contributed by atoms with van der Waals surface area (Å²) in [4.78, 5) is 11.7. The number of nitrogens with one attached hydrogen (secondary N) is 1. The van der Waals surface area contributed by atoms with E-state index in [2.05, 4.69) is 26.3 Å². The van der Waals surface area contributed by atoms with Gasteiger partial charge in [0.15, 0.2) is 0 Å². The van der Waals surface area contributed by atoms with E-state index < -0.39 is 0 Å². The Balaban J connectivity index is 2.68. The van der Waals surface area contributed by atoms with Crippen LogP contribution in [0.2, 0.25) is 0 Å². The zero-order valence-electron chi connectivity index (χ0n) is 9.65. The highest BCUT2D eigenvalue weighted by molar-refractivity contribution is 9.10. The first-order valence-electron chi connectivity index (χ1n) is 5.38. The van der Waals surface area contributed by atoms with Gasteiger partial charge in [0.05, 0.1) is 31.6 Å². The number of hydrogen-bond donors (Lipinski definition) is 2. The molecule has 0 unspecified atom stereocenters. The first-order valence-corrected chi connectivity index (χ1v) is 6.18. The Bertz CT molecular complexity index is 408. The maximum atomic E-state index is 11.7. The molecule has 0 saturated heterocycles. The van der Waals surface area contributed by atoms with E-state index in [1.807, 2.05) is 6.92 Å². The molecule has 0 bridgehead atoms. The van der Waals surface area contributed by atoms with Crippen molar-refractivity contribution in [2.75, 3.05) is 31.7 Å². The summed E-state index contributed by atoms with van der Waals surface area (Å²) in [5.74, 6) is 0. The van der Waals surface area contributed by atoms with Crippen LogP contribution in [0.25, 0.3) is 0 Å². The van der Waals surface area contributed by atoms with Crippen molar-refractivity contribution < 1.29 is 9.84 Å². The van der Waals surface area contributed by atoms with Crippen molar-refractivity contribution in [3.8, 4) is 0 Å². The predicted octanol–water partition coefficient (Wildman–Crippen LogP) is 0.446. The number of aliphatic hydroxyl groups is 1. The summed E-state index contributed by atoms with van der Waals surface area (Å²) in [7, 11) is 0. The van der Waals surface area contributed by atoms with Gasteiger partial charge in [-0.15, -0.1) is 0 Å². The molecular weight excluding hydrogens is 290 g/mol. The molecule has 0 aliphatic rings. The summed E-state index contributed by atoms with van der Waals surface area (Å²) in [5, 5.41) is 15.7. The number of halogens is 1. The lowest BCUT2D eigenvalue weighted by Gasteiger charge is -2.09. The molecule has 0 aliphatic carbocycles. The van der Waals surface area contributed by atoms with Crippen molar-refractivity contribution in [3.05, 3.63) is 21.0 Å². The summed E-state index contributed by atoms with van der Waals surface area (Å²) in [6.07, 6.45) is 1.55. The summed E-state index contributed by atoms with van der Waals surface area (Å²) < 4.78 is 6.79. The van der Waals surface area contributed by atoms with Gasteiger partial charge < -0.3 is 15.2 Å². The maximum absolute atomic E-state index is 11.7. The fourth-order valence-electron chi connectivity index (χ4n) is 1.24. The topological polar surface area (TPSA) is 76.4 Å². The Labute approximate surface area is 108 Å². The van der Waals surface area contributed by atoms with E-state index in [-0.39, 0.29) is 18.7 Å². The minimum Gasteiger partial charge on any atom is -0.394 e. The molecule has 7 heteroatoms. The molecule has 0 aromatic carbocycles. The average molecular weight is 306 g/mol. The molecule has 0 aliphatic heterocycles. The SMILES string of the molecule is CCOCCNc1cnn(CCO)c(=O)c1Br. The molecule has 6 nitrogen and oxygen atoms in total. The third-order valence-electron chi connectivity index (χ3n) is 2.06. The highest BCUT2D eigenvalue weighted by Crippen LogP contribution is 2.15. The quantitative estimate of drug-likeness (QED) is 0.715. The Morgan fingerprint density at radius 3 is 3.06 bits per heavy atom. The van der Waals surface area contributed by atoms with Crippen LogP contribution in [0.1, 0.15) is 6.92 Å². The average Bonchev–Trinajstić information content (AvgIpc) is 2.33. The molecule has 0 fully saturated rings. The second-order valence-electron chi connectivity index (χ2n) is 3.25. The fourth-order valence-corrected chi connectivity index (χ4v) is 1.69. The van der Waals surface area contributed by atoms with E-state index in [0.717, 1.165) is 0 Å². The molecule has 0 spiro atoms. The fraction of sp³-hybridized carbons (Fsp3) is 0.600. The van der Waals surface area contributed by atoms with Crippen LogP contribution in [0.4, 0.5) is 5.69 Å². The van der Waals surface area contributed by atoms with Crippen LogP contribution in [0.5, 0.6) is 0 Å². The molecule has 0 amide bonds. The summed E-state index contributed by atoms with van der Waals surface area (Å²) >= 11 is 3.21. The molecule has 1 aromatic heterocycles. The minimum atomic E-state index is -0.263. The Morgan fingerprint density at radius 2 is 2.41 bits per heavy atom. The lowest BCUT2D eigenvalue weighted by molar-refractivity contribution is 0.158. The van der Waals surface area contributed by atoms with Crippen molar-refractivity contribution in [1.82, 2.24) is 9.78 Å². The summed E-state index contributed by atoms with van der Waals surface area (Å²) in [6.45, 7) is 3.85. The lowest BCUT2D eigenvalue weighted by Crippen LogP contribution is -2.26. The Morgan fingerprint density at radius 1 is 1.65 bits per heavy atom. The van der Waals surface area contributed by atoms with Gasteiger partial charge in [0.25, 0.3) is 5.56 Å². The molecule has 1 rings (SSSR count). The van der Waals surface area contributed by atoms with Gasteiger partial charge in [-0.3, -0.25) is 4.79 Å². The van der Waals surface area contributed by atoms with Gasteiger partial charge in [-0.25, -0.2) is 4.68 Å². The van der Waals surface area contributed by atoms with Crippen LogP contribution < -0.4 is 10.9 Å². The number of aliphatic hydroxyl groups excluding tert-OH is 1. The van der Waals surface area contributed by atoms with Gasteiger partial charge >= 0.3 is 0 Å². The number of hydrogen-bond acceptors (Lipinski definition) is 5. The monoisotopic (exact) mass is 305 g/mol. The number of anilines is 1. The predicted molar refractivity (Wildman–Crippen MR) is 68.3 cm³/mol. The number of rotatable bonds is 7. The normalized spacial score (nSPS) is 10.5. The number of ether oxygens (including phenoxy) is 1. The van der Waals surface area contributed by atoms with Crippen molar-refractivity contribution in [2.24, 2.45) is 0 Å². The highest BCUT2D eigenvalue weighted by atomic mass is 79.9. The maximum Gasteiger partial charge on any atom is 0.283 e. The second-order valence-corrected chi connectivity index (χ2v) is 4.04. The zero-order chi connectivity index (χ0) is 12.7. The van der Waals surface area contributed by atoms with Crippen molar-refractivity contribution in [2.45, 2.75) is 13.5 Å². The molecule has 96 valence electrons. The molecule has 0 atom stereocenters. The van der Waals surface area contributed by atoms with E-state index in [1.54, 1.807) is 6.20 Å².